The van der Waals surface area contributed by atoms with Crippen LogP contribution < -0.4 is 5.73 Å². The molecule has 0 aromatic heterocycles. The standard InChI is InChI=1S/C8H6ClF2NS/c9-7-5(10)2-1-4(8(7)11)3-6(12)13/h1-2H,3H2,(H2,12,13). The third-order valence-electron chi connectivity index (χ3n) is 1.48. The minimum Gasteiger partial charge on any atom is -0.393 e. The summed E-state index contributed by atoms with van der Waals surface area (Å²) in [6.07, 6.45) is 0.0845. The highest BCUT2D eigenvalue weighted by molar-refractivity contribution is 7.80. The molecule has 0 aliphatic rings. The number of halogens is 3. The van der Waals surface area contributed by atoms with E-state index in [1.165, 1.54) is 6.07 Å². The van der Waals surface area contributed by atoms with Crippen molar-refractivity contribution < 1.29 is 8.78 Å². The Kier molecular flexibility index (Phi) is 3.17. The normalized spacial score (nSPS) is 10.1. The zero-order chi connectivity index (χ0) is 10.0. The van der Waals surface area contributed by atoms with Gasteiger partial charge in [-0.15, -0.1) is 0 Å². The van der Waals surface area contributed by atoms with Crippen molar-refractivity contribution in [1.29, 1.82) is 0 Å². The van der Waals surface area contributed by atoms with Gasteiger partial charge in [-0.05, 0) is 11.6 Å². The summed E-state index contributed by atoms with van der Waals surface area (Å²) in [5.74, 6) is -1.58. The summed E-state index contributed by atoms with van der Waals surface area (Å²) in [4.78, 5) is 0.140. The van der Waals surface area contributed by atoms with Crippen molar-refractivity contribution in [3.8, 4) is 0 Å². The second-order valence-electron chi connectivity index (χ2n) is 2.48. The van der Waals surface area contributed by atoms with E-state index in [1.807, 2.05) is 0 Å². The topological polar surface area (TPSA) is 26.0 Å². The van der Waals surface area contributed by atoms with Gasteiger partial charge in [0.1, 0.15) is 16.7 Å². The lowest BCUT2D eigenvalue weighted by Gasteiger charge is -2.03. The lowest BCUT2D eigenvalue weighted by molar-refractivity contribution is 0.576. The molecular weight excluding hydrogens is 216 g/mol. The van der Waals surface area contributed by atoms with Crippen LogP contribution in [-0.4, -0.2) is 4.99 Å². The molecule has 0 fully saturated rings. The minimum atomic E-state index is -0.797. The van der Waals surface area contributed by atoms with Crippen LogP contribution in [0.2, 0.25) is 5.02 Å². The summed E-state index contributed by atoms with van der Waals surface area (Å²) >= 11 is 9.92. The largest absolute Gasteiger partial charge is 0.393 e. The van der Waals surface area contributed by atoms with Gasteiger partial charge in [-0.1, -0.05) is 29.9 Å². The van der Waals surface area contributed by atoms with Gasteiger partial charge in [0.05, 0.1) is 4.99 Å². The Morgan fingerprint density at radius 1 is 1.46 bits per heavy atom. The Hall–Kier alpha value is -0.740. The van der Waals surface area contributed by atoms with Gasteiger partial charge in [0.2, 0.25) is 0 Å². The van der Waals surface area contributed by atoms with Gasteiger partial charge in [-0.2, -0.15) is 0 Å². The zero-order valence-electron chi connectivity index (χ0n) is 6.48. The number of rotatable bonds is 2. The summed E-state index contributed by atoms with van der Waals surface area (Å²) in [6, 6.07) is 2.36. The van der Waals surface area contributed by atoms with Crippen LogP contribution in [0.4, 0.5) is 8.78 Å². The predicted octanol–water partition coefficient (Wildman–Crippen LogP) is 2.45. The van der Waals surface area contributed by atoms with Gasteiger partial charge in [0, 0.05) is 6.42 Å². The van der Waals surface area contributed by atoms with Crippen LogP contribution in [0, 0.1) is 11.6 Å². The van der Waals surface area contributed by atoms with E-state index in [0.29, 0.717) is 0 Å². The van der Waals surface area contributed by atoms with E-state index in [1.54, 1.807) is 0 Å². The van der Waals surface area contributed by atoms with Crippen LogP contribution in [0.1, 0.15) is 5.56 Å². The Balaban J connectivity index is 3.10. The average Bonchev–Trinajstić information content (AvgIpc) is 2.06. The average molecular weight is 222 g/mol. The van der Waals surface area contributed by atoms with Crippen LogP contribution in [-0.2, 0) is 6.42 Å². The number of nitrogens with two attached hydrogens (primary N) is 1. The van der Waals surface area contributed by atoms with Crippen LogP contribution in [0.25, 0.3) is 0 Å². The van der Waals surface area contributed by atoms with Gasteiger partial charge in [0.25, 0.3) is 0 Å². The molecule has 0 heterocycles. The van der Waals surface area contributed by atoms with Crippen molar-refractivity contribution in [3.63, 3.8) is 0 Å². The molecule has 1 rings (SSSR count). The maximum Gasteiger partial charge on any atom is 0.148 e. The smallest absolute Gasteiger partial charge is 0.148 e. The fourth-order valence-corrected chi connectivity index (χ4v) is 1.23. The monoisotopic (exact) mass is 221 g/mol. The van der Waals surface area contributed by atoms with Gasteiger partial charge >= 0.3 is 0 Å². The van der Waals surface area contributed by atoms with Crippen LogP contribution >= 0.6 is 23.8 Å². The Morgan fingerprint density at radius 3 is 2.62 bits per heavy atom. The molecule has 0 radical (unpaired) electrons. The highest BCUT2D eigenvalue weighted by Gasteiger charge is 2.11. The van der Waals surface area contributed by atoms with Crippen molar-refractivity contribution in [3.05, 3.63) is 34.4 Å². The zero-order valence-corrected chi connectivity index (χ0v) is 8.05. The maximum absolute atomic E-state index is 13.1. The van der Waals surface area contributed by atoms with Gasteiger partial charge < -0.3 is 5.73 Å². The summed E-state index contributed by atoms with van der Waals surface area (Å²) in [7, 11) is 0. The summed E-state index contributed by atoms with van der Waals surface area (Å²) in [5.41, 5.74) is 5.42. The molecule has 0 saturated heterocycles. The van der Waals surface area contributed by atoms with E-state index in [2.05, 4.69) is 12.2 Å². The van der Waals surface area contributed by atoms with Crippen molar-refractivity contribution >= 4 is 28.8 Å². The maximum atomic E-state index is 13.1. The van der Waals surface area contributed by atoms with Gasteiger partial charge in [-0.3, -0.25) is 0 Å². The molecule has 0 aliphatic heterocycles. The first kappa shape index (κ1) is 10.3. The van der Waals surface area contributed by atoms with Crippen molar-refractivity contribution in [2.24, 2.45) is 5.73 Å². The highest BCUT2D eigenvalue weighted by Crippen LogP contribution is 2.22. The molecule has 70 valence electrons. The SMILES string of the molecule is NC(=S)Cc1ccc(F)c(Cl)c1F. The van der Waals surface area contributed by atoms with E-state index in [0.717, 1.165) is 6.07 Å². The molecule has 0 unspecified atom stereocenters. The third kappa shape index (κ3) is 2.35. The Bertz CT molecular complexity index is 354. The van der Waals surface area contributed by atoms with E-state index >= 15 is 0 Å². The molecule has 0 spiro atoms. The van der Waals surface area contributed by atoms with Gasteiger partial charge in [0.15, 0.2) is 0 Å². The second-order valence-corrected chi connectivity index (χ2v) is 3.38. The van der Waals surface area contributed by atoms with E-state index in [4.69, 9.17) is 17.3 Å². The number of hydrogen-bond donors (Lipinski definition) is 1. The molecule has 5 heteroatoms. The molecule has 1 aromatic rings. The molecule has 1 nitrogen and oxygen atoms in total. The van der Waals surface area contributed by atoms with Crippen molar-refractivity contribution in [1.82, 2.24) is 0 Å². The van der Waals surface area contributed by atoms with E-state index in [-0.39, 0.29) is 17.0 Å². The summed E-state index contributed by atoms with van der Waals surface area (Å²) in [6.45, 7) is 0. The van der Waals surface area contributed by atoms with E-state index in [9.17, 15) is 8.78 Å². The fraction of sp³-hybridized carbons (Fsp3) is 0.125. The van der Waals surface area contributed by atoms with Crippen LogP contribution in [0.15, 0.2) is 12.1 Å². The number of hydrogen-bond acceptors (Lipinski definition) is 1. The first-order valence-corrected chi connectivity index (χ1v) is 4.21. The lowest BCUT2D eigenvalue weighted by Crippen LogP contribution is -2.12. The highest BCUT2D eigenvalue weighted by atomic mass is 35.5. The molecule has 0 amide bonds. The van der Waals surface area contributed by atoms with E-state index < -0.39 is 16.7 Å². The van der Waals surface area contributed by atoms with Crippen molar-refractivity contribution in [2.75, 3.05) is 0 Å². The molecule has 0 bridgehead atoms. The second kappa shape index (κ2) is 3.98. The summed E-state index contributed by atoms with van der Waals surface area (Å²) in [5, 5.41) is -0.520. The number of benzene rings is 1. The first-order valence-electron chi connectivity index (χ1n) is 3.43. The molecule has 0 atom stereocenters. The molecular formula is C8H6ClF2NS. The molecule has 0 aliphatic carbocycles. The Morgan fingerprint density at radius 2 is 2.08 bits per heavy atom. The number of thiocarbonyl (C=S) groups is 1. The Labute approximate surface area is 84.5 Å². The lowest BCUT2D eigenvalue weighted by atomic mass is 10.1. The quantitative estimate of drug-likeness (QED) is 0.613. The first-order chi connectivity index (χ1) is 6.02. The fourth-order valence-electron chi connectivity index (χ4n) is 0.890. The van der Waals surface area contributed by atoms with Gasteiger partial charge in [-0.25, -0.2) is 8.78 Å². The molecule has 0 saturated carbocycles. The van der Waals surface area contributed by atoms with Crippen LogP contribution in [0.3, 0.4) is 0 Å². The predicted molar refractivity (Wildman–Crippen MR) is 51.9 cm³/mol. The van der Waals surface area contributed by atoms with Crippen LogP contribution in [0.5, 0.6) is 0 Å². The minimum absolute atomic E-state index is 0.0845. The summed E-state index contributed by atoms with van der Waals surface area (Å²) < 4.78 is 25.8. The van der Waals surface area contributed by atoms with Crippen molar-refractivity contribution in [2.45, 2.75) is 6.42 Å². The molecule has 2 N–H and O–H groups in total. The molecule has 13 heavy (non-hydrogen) atoms. The third-order valence-corrected chi connectivity index (χ3v) is 1.97. The molecule has 1 aromatic carbocycles.